The van der Waals surface area contributed by atoms with Crippen LogP contribution >= 0.6 is 0 Å². The molecule has 0 radical (unpaired) electrons. The van der Waals surface area contributed by atoms with Crippen LogP contribution in [0.2, 0.25) is 0 Å². The zero-order valence-corrected chi connectivity index (χ0v) is 16.6. The van der Waals surface area contributed by atoms with Crippen molar-refractivity contribution in [1.29, 1.82) is 0 Å². The molecule has 0 unspecified atom stereocenters. The molecule has 1 spiro atoms. The van der Waals surface area contributed by atoms with Crippen molar-refractivity contribution in [2.75, 3.05) is 0 Å². The molecule has 2 fully saturated rings. The molecule has 1 aliphatic carbocycles. The summed E-state index contributed by atoms with van der Waals surface area (Å²) in [5.41, 5.74) is -0.439. The van der Waals surface area contributed by atoms with Crippen molar-refractivity contribution >= 4 is 17.4 Å². The average Bonchev–Trinajstić information content (AvgIpc) is 3.20. The lowest BCUT2D eigenvalue weighted by Gasteiger charge is -2.49. The summed E-state index contributed by atoms with van der Waals surface area (Å²) in [6.45, 7) is 3.30. The molecule has 1 aromatic heterocycles. The maximum atomic E-state index is 13.5. The number of hydrogen-bond donors (Lipinski definition) is 0. The van der Waals surface area contributed by atoms with Gasteiger partial charge in [-0.25, -0.2) is 0 Å². The third-order valence-corrected chi connectivity index (χ3v) is 6.39. The first-order chi connectivity index (χ1) is 13.8. The van der Waals surface area contributed by atoms with Gasteiger partial charge in [0.15, 0.2) is 11.9 Å². The van der Waals surface area contributed by atoms with Gasteiger partial charge in [0.25, 0.3) is 5.69 Å². The van der Waals surface area contributed by atoms with E-state index in [1.165, 1.54) is 12.1 Å². The number of Topliss-reactive ketones (excluding diaryl/α,β-unsaturated/α-hetero) is 1. The summed E-state index contributed by atoms with van der Waals surface area (Å²) >= 11 is 0. The molecule has 1 saturated heterocycles. The van der Waals surface area contributed by atoms with Crippen molar-refractivity contribution in [3.8, 4) is 5.69 Å². The van der Waals surface area contributed by atoms with E-state index < -0.39 is 27.8 Å². The fraction of sp³-hybridized carbons (Fsp3) is 0.455. The zero-order chi connectivity index (χ0) is 20.8. The first-order valence-corrected chi connectivity index (χ1v) is 9.95. The number of nitro groups is 1. The first kappa shape index (κ1) is 19.4. The maximum Gasteiger partial charge on any atom is 0.319 e. The van der Waals surface area contributed by atoms with Gasteiger partial charge in [0.1, 0.15) is 5.41 Å². The van der Waals surface area contributed by atoms with Gasteiger partial charge in [-0.15, -0.1) is 0 Å². The van der Waals surface area contributed by atoms with E-state index in [0.29, 0.717) is 12.8 Å². The number of carbonyl (C=O) groups is 2. The summed E-state index contributed by atoms with van der Waals surface area (Å²) in [4.78, 5) is 36.7. The van der Waals surface area contributed by atoms with Crippen molar-refractivity contribution in [2.45, 2.75) is 52.1 Å². The molecule has 2 aliphatic rings. The van der Waals surface area contributed by atoms with E-state index in [9.17, 15) is 19.7 Å². The third-order valence-electron chi connectivity index (χ3n) is 6.39. The lowest BCUT2D eigenvalue weighted by atomic mass is 9.59. The molecule has 29 heavy (non-hydrogen) atoms. The van der Waals surface area contributed by atoms with Gasteiger partial charge in [-0.3, -0.25) is 19.7 Å². The number of cyclic esters (lactones) is 1. The summed E-state index contributed by atoms with van der Waals surface area (Å²) < 4.78 is 7.80. The lowest BCUT2D eigenvalue weighted by molar-refractivity contribution is -0.384. The quantitative estimate of drug-likeness (QED) is 0.329. The van der Waals surface area contributed by atoms with Gasteiger partial charge in [-0.05, 0) is 51.0 Å². The van der Waals surface area contributed by atoms with Crippen molar-refractivity contribution in [2.24, 2.45) is 10.8 Å². The summed E-state index contributed by atoms with van der Waals surface area (Å²) in [5.74, 6) is -0.539. The topological polar surface area (TPSA) is 91.4 Å². The number of ether oxygens (including phenoxy) is 1. The fourth-order valence-corrected chi connectivity index (χ4v) is 4.79. The molecule has 7 nitrogen and oxygen atoms in total. The number of esters is 1. The van der Waals surface area contributed by atoms with Gasteiger partial charge < -0.3 is 9.30 Å². The highest BCUT2D eigenvalue weighted by atomic mass is 16.6. The van der Waals surface area contributed by atoms with E-state index in [-0.39, 0.29) is 11.5 Å². The van der Waals surface area contributed by atoms with E-state index >= 15 is 0 Å². The number of rotatable bonds is 3. The third kappa shape index (κ3) is 2.96. The Morgan fingerprint density at radius 2 is 1.72 bits per heavy atom. The molecule has 7 heteroatoms. The predicted octanol–water partition coefficient (Wildman–Crippen LogP) is 4.53. The number of ketones is 1. The molecule has 0 bridgehead atoms. The molecule has 4 rings (SSSR count). The van der Waals surface area contributed by atoms with Crippen molar-refractivity contribution in [3.63, 3.8) is 0 Å². The minimum atomic E-state index is -1.15. The Balaban J connectivity index is 1.79. The summed E-state index contributed by atoms with van der Waals surface area (Å²) in [7, 11) is 0. The van der Waals surface area contributed by atoms with Gasteiger partial charge >= 0.3 is 5.97 Å². The molecule has 0 N–H and O–H groups in total. The molecule has 152 valence electrons. The Hall–Kier alpha value is -2.96. The number of nitrogens with zero attached hydrogens (tertiary/aromatic N) is 2. The standard InChI is InChI=1S/C22H24N2O5/c1-21(2)19(25)22(12-4-3-5-13-22)18(29-20(21)26)17-7-6-14-23(17)15-8-10-16(11-9-15)24(27)28/h6-11,14,18H,3-5,12-13H2,1-2H3/t18-/m0/s1. The summed E-state index contributed by atoms with van der Waals surface area (Å²) in [6.07, 6.45) is 5.46. The van der Waals surface area contributed by atoms with Crippen LogP contribution in [0, 0.1) is 20.9 Å². The van der Waals surface area contributed by atoms with Crippen molar-refractivity contribution in [3.05, 3.63) is 58.4 Å². The van der Waals surface area contributed by atoms with Crippen LogP contribution in [0.4, 0.5) is 5.69 Å². The van der Waals surface area contributed by atoms with Gasteiger partial charge in [0.05, 0.1) is 16.0 Å². The van der Waals surface area contributed by atoms with Crippen LogP contribution in [0.5, 0.6) is 0 Å². The van der Waals surface area contributed by atoms with Crippen LogP contribution in [0.3, 0.4) is 0 Å². The van der Waals surface area contributed by atoms with Crippen molar-refractivity contribution in [1.82, 2.24) is 4.57 Å². The van der Waals surface area contributed by atoms with E-state index in [4.69, 9.17) is 4.74 Å². The van der Waals surface area contributed by atoms with Gasteiger partial charge in [0.2, 0.25) is 0 Å². The van der Waals surface area contributed by atoms with Gasteiger partial charge in [0, 0.05) is 24.0 Å². The van der Waals surface area contributed by atoms with Crippen molar-refractivity contribution < 1.29 is 19.2 Å². The smallest absolute Gasteiger partial charge is 0.319 e. The Bertz CT molecular complexity index is 967. The number of non-ortho nitro benzene ring substituents is 1. The van der Waals surface area contributed by atoms with Crippen LogP contribution in [0.1, 0.15) is 57.7 Å². The minimum absolute atomic E-state index is 0.00669. The predicted molar refractivity (Wildman–Crippen MR) is 106 cm³/mol. The lowest BCUT2D eigenvalue weighted by Crippen LogP contribution is -2.55. The van der Waals surface area contributed by atoms with Crippen LogP contribution in [0.15, 0.2) is 42.6 Å². The second-order valence-corrected chi connectivity index (χ2v) is 8.53. The number of nitro benzene ring substituents is 1. The molecule has 0 amide bonds. The molecule has 1 aliphatic heterocycles. The highest BCUT2D eigenvalue weighted by molar-refractivity contribution is 6.08. The van der Waals surface area contributed by atoms with Crippen LogP contribution in [-0.4, -0.2) is 21.2 Å². The van der Waals surface area contributed by atoms with E-state index in [1.807, 2.05) is 22.9 Å². The maximum absolute atomic E-state index is 13.5. The highest BCUT2D eigenvalue weighted by Crippen LogP contribution is 2.55. The highest BCUT2D eigenvalue weighted by Gasteiger charge is 2.60. The number of aromatic nitrogens is 1. The van der Waals surface area contributed by atoms with E-state index in [0.717, 1.165) is 30.6 Å². The minimum Gasteiger partial charge on any atom is -0.454 e. The Morgan fingerprint density at radius 3 is 2.34 bits per heavy atom. The Kier molecular flexibility index (Phi) is 4.56. The Labute approximate surface area is 168 Å². The summed E-state index contributed by atoms with van der Waals surface area (Å²) in [6, 6.07) is 9.90. The number of hydrogen-bond acceptors (Lipinski definition) is 5. The molecule has 1 atom stereocenters. The molecule has 1 saturated carbocycles. The fourth-order valence-electron chi connectivity index (χ4n) is 4.79. The first-order valence-electron chi connectivity index (χ1n) is 9.95. The number of benzene rings is 1. The zero-order valence-electron chi connectivity index (χ0n) is 16.6. The largest absolute Gasteiger partial charge is 0.454 e. The average molecular weight is 396 g/mol. The van der Waals surface area contributed by atoms with E-state index in [2.05, 4.69) is 0 Å². The molecular formula is C22H24N2O5. The second kappa shape index (κ2) is 6.83. The normalized spacial score (nSPS) is 23.0. The second-order valence-electron chi connectivity index (χ2n) is 8.53. The van der Waals surface area contributed by atoms with Gasteiger partial charge in [-0.2, -0.15) is 0 Å². The van der Waals surface area contributed by atoms with Crippen LogP contribution < -0.4 is 0 Å². The summed E-state index contributed by atoms with van der Waals surface area (Å²) in [5, 5.41) is 11.0. The monoisotopic (exact) mass is 396 g/mol. The van der Waals surface area contributed by atoms with E-state index in [1.54, 1.807) is 26.0 Å². The molecule has 2 aromatic rings. The van der Waals surface area contributed by atoms with Crippen LogP contribution in [-0.2, 0) is 14.3 Å². The Morgan fingerprint density at radius 1 is 1.07 bits per heavy atom. The van der Waals surface area contributed by atoms with Gasteiger partial charge in [-0.1, -0.05) is 19.3 Å². The van der Waals surface area contributed by atoms with Crippen LogP contribution in [0.25, 0.3) is 5.69 Å². The SMILES string of the molecule is CC1(C)C(=O)O[C@@H](c2cccn2-c2ccc([N+](=O)[O-])cc2)C2(CCCCC2)C1=O. The molecular weight excluding hydrogens is 372 g/mol. The molecule has 2 heterocycles. The number of carbonyl (C=O) groups excluding carboxylic acids is 2. The molecule has 1 aromatic carbocycles.